The first-order valence-corrected chi connectivity index (χ1v) is 8.46. The van der Waals surface area contributed by atoms with Gasteiger partial charge < -0.3 is 4.57 Å². The second kappa shape index (κ2) is 6.38. The average molecular weight is 325 g/mol. The first-order chi connectivity index (χ1) is 11.1. The molecule has 2 aromatic heterocycles. The van der Waals surface area contributed by atoms with Crippen LogP contribution in [0.4, 0.5) is 5.13 Å². The second-order valence-corrected chi connectivity index (χ2v) is 6.35. The fourth-order valence-corrected chi connectivity index (χ4v) is 3.32. The smallest absolute Gasteiger partial charge is 0.274 e. The molecule has 1 amide bonds. The second-order valence-electron chi connectivity index (χ2n) is 5.49. The van der Waals surface area contributed by atoms with E-state index in [-0.39, 0.29) is 5.91 Å². The van der Waals surface area contributed by atoms with Gasteiger partial charge in [-0.2, -0.15) is 0 Å². The number of nitrogens with one attached hydrogen (secondary N) is 1. The minimum Gasteiger partial charge on any atom is -0.344 e. The Morgan fingerprint density at radius 3 is 2.87 bits per heavy atom. The van der Waals surface area contributed by atoms with Crippen molar-refractivity contribution in [2.45, 2.75) is 27.3 Å². The number of anilines is 1. The van der Waals surface area contributed by atoms with Crippen molar-refractivity contribution in [3.63, 3.8) is 0 Å². The summed E-state index contributed by atoms with van der Waals surface area (Å²) in [5.74, 6) is -0.127. The minimum atomic E-state index is -0.127. The van der Waals surface area contributed by atoms with Crippen LogP contribution < -0.4 is 5.32 Å². The summed E-state index contributed by atoms with van der Waals surface area (Å²) in [6.45, 7) is 6.93. The van der Waals surface area contributed by atoms with Gasteiger partial charge in [0.05, 0.1) is 5.69 Å². The Labute approximate surface area is 139 Å². The zero-order chi connectivity index (χ0) is 16.4. The fraction of sp³-hybridized carbons (Fsp3) is 0.222. The molecule has 1 N–H and O–H groups in total. The third kappa shape index (κ3) is 3.19. The number of aryl methyl sites for hydroxylation is 3. The minimum absolute atomic E-state index is 0.127. The Kier molecular flexibility index (Phi) is 4.30. The molecule has 1 aromatic carbocycles. The van der Waals surface area contributed by atoms with Crippen molar-refractivity contribution in [3.05, 3.63) is 58.7 Å². The monoisotopic (exact) mass is 325 g/mol. The molecule has 3 rings (SSSR count). The highest BCUT2D eigenvalue weighted by Gasteiger charge is 2.13. The van der Waals surface area contributed by atoms with E-state index in [0.717, 1.165) is 17.8 Å². The van der Waals surface area contributed by atoms with E-state index < -0.39 is 0 Å². The maximum Gasteiger partial charge on any atom is 0.274 e. The van der Waals surface area contributed by atoms with Gasteiger partial charge in [0, 0.05) is 23.7 Å². The summed E-state index contributed by atoms with van der Waals surface area (Å²) in [5, 5.41) is 5.49. The molecule has 23 heavy (non-hydrogen) atoms. The number of carbonyl (C=O) groups is 1. The molecule has 118 valence electrons. The van der Waals surface area contributed by atoms with Crippen LogP contribution in [0, 0.1) is 13.8 Å². The molecular formula is C18H19N3OS. The maximum atomic E-state index is 12.3. The van der Waals surface area contributed by atoms with E-state index >= 15 is 0 Å². The lowest BCUT2D eigenvalue weighted by atomic mass is 10.0. The number of carbonyl (C=O) groups excluding carboxylic acids is 1. The molecule has 0 radical (unpaired) electrons. The summed E-state index contributed by atoms with van der Waals surface area (Å²) in [4.78, 5) is 16.9. The van der Waals surface area contributed by atoms with Gasteiger partial charge in [-0.1, -0.05) is 23.8 Å². The van der Waals surface area contributed by atoms with Gasteiger partial charge in [-0.3, -0.25) is 10.1 Å². The van der Waals surface area contributed by atoms with Gasteiger partial charge in [-0.05, 0) is 38.5 Å². The number of benzene rings is 1. The quantitative estimate of drug-likeness (QED) is 0.767. The molecule has 0 aliphatic rings. The maximum absolute atomic E-state index is 12.3. The Morgan fingerprint density at radius 2 is 2.13 bits per heavy atom. The van der Waals surface area contributed by atoms with Crippen LogP contribution >= 0.6 is 11.3 Å². The van der Waals surface area contributed by atoms with E-state index in [0.29, 0.717) is 10.8 Å². The molecule has 3 aromatic rings. The van der Waals surface area contributed by atoms with Crippen molar-refractivity contribution < 1.29 is 4.79 Å². The van der Waals surface area contributed by atoms with Crippen LogP contribution in [0.2, 0.25) is 0 Å². The number of amides is 1. The number of hydrogen-bond acceptors (Lipinski definition) is 3. The number of thiazole rings is 1. The highest BCUT2D eigenvalue weighted by molar-refractivity contribution is 7.14. The van der Waals surface area contributed by atoms with Crippen molar-refractivity contribution in [2.24, 2.45) is 0 Å². The van der Waals surface area contributed by atoms with Crippen molar-refractivity contribution in [1.29, 1.82) is 0 Å². The molecule has 0 aliphatic carbocycles. The van der Waals surface area contributed by atoms with Gasteiger partial charge in [-0.25, -0.2) is 4.98 Å². The first-order valence-electron chi connectivity index (χ1n) is 7.58. The molecule has 0 spiro atoms. The van der Waals surface area contributed by atoms with Gasteiger partial charge in [0.15, 0.2) is 5.13 Å². The summed E-state index contributed by atoms with van der Waals surface area (Å²) in [6, 6.07) is 9.99. The number of hydrogen-bond donors (Lipinski definition) is 1. The lowest BCUT2D eigenvalue weighted by Crippen LogP contribution is -2.16. The third-order valence-electron chi connectivity index (χ3n) is 3.79. The molecule has 4 nitrogen and oxygen atoms in total. The predicted molar refractivity (Wildman–Crippen MR) is 95.1 cm³/mol. The molecular weight excluding hydrogens is 306 g/mol. The zero-order valence-corrected chi connectivity index (χ0v) is 14.3. The van der Waals surface area contributed by atoms with Crippen LogP contribution in [-0.4, -0.2) is 15.5 Å². The lowest BCUT2D eigenvalue weighted by molar-refractivity contribution is 0.101. The van der Waals surface area contributed by atoms with E-state index in [1.54, 1.807) is 0 Å². The number of aromatic nitrogens is 2. The van der Waals surface area contributed by atoms with E-state index in [9.17, 15) is 4.79 Å². The Hall–Kier alpha value is -2.40. The van der Waals surface area contributed by atoms with Crippen molar-refractivity contribution >= 4 is 22.4 Å². The normalized spacial score (nSPS) is 10.7. The van der Waals surface area contributed by atoms with Crippen LogP contribution in [0.25, 0.3) is 11.3 Å². The van der Waals surface area contributed by atoms with Gasteiger partial charge >= 0.3 is 0 Å². The third-order valence-corrected chi connectivity index (χ3v) is 4.54. The molecule has 0 aliphatic heterocycles. The molecule has 0 saturated carbocycles. The summed E-state index contributed by atoms with van der Waals surface area (Å²) in [5.41, 5.74) is 5.07. The summed E-state index contributed by atoms with van der Waals surface area (Å²) >= 11 is 1.44. The molecule has 0 saturated heterocycles. The lowest BCUT2D eigenvalue weighted by Gasteiger charge is -2.06. The zero-order valence-electron chi connectivity index (χ0n) is 13.5. The van der Waals surface area contributed by atoms with Crippen molar-refractivity contribution in [1.82, 2.24) is 9.55 Å². The summed E-state index contributed by atoms with van der Waals surface area (Å²) in [7, 11) is 0. The van der Waals surface area contributed by atoms with Crippen LogP contribution in [0.1, 0.15) is 28.5 Å². The van der Waals surface area contributed by atoms with Crippen LogP contribution in [-0.2, 0) is 6.54 Å². The van der Waals surface area contributed by atoms with Crippen LogP contribution in [0.15, 0.2) is 41.9 Å². The fourth-order valence-electron chi connectivity index (χ4n) is 2.61. The topological polar surface area (TPSA) is 46.9 Å². The van der Waals surface area contributed by atoms with Gasteiger partial charge in [0.1, 0.15) is 5.69 Å². The standard InChI is InChI=1S/C18H19N3OS/c1-4-21-9-5-6-16(21)17(22)20-18-19-15(11-23-18)14-8-7-12(2)10-13(14)3/h5-11H,4H2,1-3H3,(H,19,20,22). The summed E-state index contributed by atoms with van der Waals surface area (Å²) in [6.07, 6.45) is 1.90. The van der Waals surface area contributed by atoms with Crippen LogP contribution in [0.5, 0.6) is 0 Å². The van der Waals surface area contributed by atoms with Gasteiger partial charge in [-0.15, -0.1) is 11.3 Å². The predicted octanol–water partition coefficient (Wildman–Crippen LogP) is 4.50. The van der Waals surface area contributed by atoms with E-state index in [4.69, 9.17) is 0 Å². The largest absolute Gasteiger partial charge is 0.344 e. The van der Waals surface area contributed by atoms with Gasteiger partial charge in [0.2, 0.25) is 0 Å². The van der Waals surface area contributed by atoms with E-state index in [1.165, 1.54) is 22.5 Å². The molecule has 0 unspecified atom stereocenters. The molecule has 0 fully saturated rings. The van der Waals surface area contributed by atoms with E-state index in [2.05, 4.69) is 42.3 Å². The van der Waals surface area contributed by atoms with Gasteiger partial charge in [0.25, 0.3) is 5.91 Å². The highest BCUT2D eigenvalue weighted by atomic mass is 32.1. The Bertz CT molecular complexity index is 848. The molecule has 2 heterocycles. The SMILES string of the molecule is CCn1cccc1C(=O)Nc1nc(-c2ccc(C)cc2C)cs1. The molecule has 5 heteroatoms. The van der Waals surface area contributed by atoms with Crippen molar-refractivity contribution in [3.8, 4) is 11.3 Å². The van der Waals surface area contributed by atoms with E-state index in [1.807, 2.05) is 35.2 Å². The Balaban J connectivity index is 1.81. The van der Waals surface area contributed by atoms with Crippen LogP contribution in [0.3, 0.4) is 0 Å². The molecule has 0 atom stereocenters. The number of nitrogens with zero attached hydrogens (tertiary/aromatic N) is 2. The Morgan fingerprint density at radius 1 is 1.30 bits per heavy atom. The number of rotatable bonds is 4. The first kappa shape index (κ1) is 15.5. The summed E-state index contributed by atoms with van der Waals surface area (Å²) < 4.78 is 1.91. The average Bonchev–Trinajstić information content (AvgIpc) is 3.15. The molecule has 0 bridgehead atoms. The highest BCUT2D eigenvalue weighted by Crippen LogP contribution is 2.28. The van der Waals surface area contributed by atoms with Crippen molar-refractivity contribution in [2.75, 3.05) is 5.32 Å².